The second-order valence-electron chi connectivity index (χ2n) is 4.33. The van der Waals surface area contributed by atoms with Crippen molar-refractivity contribution in [3.63, 3.8) is 0 Å². The second-order valence-corrected chi connectivity index (χ2v) is 4.33. The van der Waals surface area contributed by atoms with E-state index in [0.29, 0.717) is 17.0 Å². The predicted molar refractivity (Wildman–Crippen MR) is 79.1 cm³/mol. The van der Waals surface area contributed by atoms with E-state index in [1.807, 2.05) is 6.07 Å². The molecule has 0 aliphatic rings. The van der Waals surface area contributed by atoms with Gasteiger partial charge in [0.1, 0.15) is 5.75 Å². The summed E-state index contributed by atoms with van der Waals surface area (Å²) in [6, 6.07) is 12.4. The van der Waals surface area contributed by atoms with Gasteiger partial charge in [-0.25, -0.2) is 4.79 Å². The van der Waals surface area contributed by atoms with Crippen LogP contribution >= 0.6 is 0 Å². The highest BCUT2D eigenvalue weighted by molar-refractivity contribution is 6.11. The molecule has 6 heteroatoms. The van der Waals surface area contributed by atoms with E-state index < -0.39 is 11.9 Å². The molecule has 0 fully saturated rings. The molecule has 6 nitrogen and oxygen atoms in total. The number of hydrogen-bond donors (Lipinski definition) is 2. The number of nitriles is 1. The van der Waals surface area contributed by atoms with Crippen LogP contribution in [0.2, 0.25) is 0 Å². The van der Waals surface area contributed by atoms with Crippen LogP contribution in [0, 0.1) is 11.3 Å². The second kappa shape index (κ2) is 6.41. The van der Waals surface area contributed by atoms with Crippen LogP contribution < -0.4 is 10.1 Å². The summed E-state index contributed by atoms with van der Waals surface area (Å²) in [5.41, 5.74) is 0.573. The first kappa shape index (κ1) is 15.1. The number of benzene rings is 2. The monoisotopic (exact) mass is 296 g/mol. The molecule has 1 amide bonds. The lowest BCUT2D eigenvalue weighted by molar-refractivity contribution is 0.0692. The standard InChI is InChI=1S/C16H12N2O4/c1-22-14-7-6-10(9-17)8-13(14)18-15(19)11-4-2-3-5-12(11)16(20)21/h2-8H,1H3,(H,18,19)(H,20,21). The topological polar surface area (TPSA) is 99.4 Å². The third kappa shape index (κ3) is 3.04. The molecule has 0 aromatic heterocycles. The first-order valence-corrected chi connectivity index (χ1v) is 6.28. The number of methoxy groups -OCH3 is 1. The highest BCUT2D eigenvalue weighted by Gasteiger charge is 2.17. The summed E-state index contributed by atoms with van der Waals surface area (Å²) in [7, 11) is 1.43. The summed E-state index contributed by atoms with van der Waals surface area (Å²) in [6.45, 7) is 0. The third-order valence-corrected chi connectivity index (χ3v) is 2.98. The fourth-order valence-electron chi connectivity index (χ4n) is 1.93. The van der Waals surface area contributed by atoms with E-state index in [2.05, 4.69) is 5.32 Å². The molecule has 0 unspecified atom stereocenters. The van der Waals surface area contributed by atoms with Crippen LogP contribution in [0.15, 0.2) is 42.5 Å². The molecule has 0 saturated carbocycles. The molecule has 2 N–H and O–H groups in total. The number of carbonyl (C=O) groups excluding carboxylic acids is 1. The molecular weight excluding hydrogens is 284 g/mol. The van der Waals surface area contributed by atoms with Gasteiger partial charge in [-0.1, -0.05) is 12.1 Å². The number of nitrogens with zero attached hydrogens (tertiary/aromatic N) is 1. The molecule has 2 aromatic carbocycles. The minimum Gasteiger partial charge on any atom is -0.495 e. The molecule has 0 atom stereocenters. The first-order chi connectivity index (χ1) is 10.6. The Bertz CT molecular complexity index is 778. The van der Waals surface area contributed by atoms with Crippen LogP contribution in [0.4, 0.5) is 5.69 Å². The number of carboxylic acid groups (broad SMARTS) is 1. The van der Waals surface area contributed by atoms with Gasteiger partial charge >= 0.3 is 5.97 Å². The molecular formula is C16H12N2O4. The van der Waals surface area contributed by atoms with E-state index >= 15 is 0 Å². The van der Waals surface area contributed by atoms with E-state index in [1.54, 1.807) is 18.2 Å². The van der Waals surface area contributed by atoms with E-state index in [9.17, 15) is 9.59 Å². The number of carboxylic acids is 1. The lowest BCUT2D eigenvalue weighted by Crippen LogP contribution is -2.16. The molecule has 0 aliphatic carbocycles. The van der Waals surface area contributed by atoms with Crippen molar-refractivity contribution in [3.05, 3.63) is 59.2 Å². The number of nitrogens with one attached hydrogen (secondary N) is 1. The molecule has 110 valence electrons. The number of amides is 1. The molecule has 0 bridgehead atoms. The summed E-state index contributed by atoms with van der Waals surface area (Å²) in [5.74, 6) is -1.41. The number of ether oxygens (including phenoxy) is 1. The van der Waals surface area contributed by atoms with Crippen LogP contribution in [0.25, 0.3) is 0 Å². The molecule has 0 radical (unpaired) electrons. The molecule has 2 rings (SSSR count). The highest BCUT2D eigenvalue weighted by Crippen LogP contribution is 2.26. The van der Waals surface area contributed by atoms with Crippen molar-refractivity contribution in [2.45, 2.75) is 0 Å². The lowest BCUT2D eigenvalue weighted by Gasteiger charge is -2.11. The zero-order valence-corrected chi connectivity index (χ0v) is 11.7. The van der Waals surface area contributed by atoms with Gasteiger partial charge in [-0.2, -0.15) is 5.26 Å². The Morgan fingerprint density at radius 1 is 1.18 bits per heavy atom. The van der Waals surface area contributed by atoms with Crippen molar-refractivity contribution < 1.29 is 19.4 Å². The zero-order valence-electron chi connectivity index (χ0n) is 11.7. The number of anilines is 1. The average Bonchev–Trinajstić information content (AvgIpc) is 2.54. The normalized spacial score (nSPS) is 9.64. The van der Waals surface area contributed by atoms with E-state index in [-0.39, 0.29) is 11.1 Å². The Morgan fingerprint density at radius 2 is 1.86 bits per heavy atom. The van der Waals surface area contributed by atoms with Crippen LogP contribution in [-0.4, -0.2) is 24.1 Å². The highest BCUT2D eigenvalue weighted by atomic mass is 16.5. The Morgan fingerprint density at radius 3 is 2.45 bits per heavy atom. The van der Waals surface area contributed by atoms with Gasteiger partial charge in [-0.3, -0.25) is 4.79 Å². The van der Waals surface area contributed by atoms with Gasteiger partial charge in [-0.15, -0.1) is 0 Å². The molecule has 0 spiro atoms. The van der Waals surface area contributed by atoms with E-state index in [1.165, 1.54) is 31.4 Å². The van der Waals surface area contributed by atoms with Gasteiger partial charge in [0.2, 0.25) is 0 Å². The maximum Gasteiger partial charge on any atom is 0.336 e. The minimum absolute atomic E-state index is 0.0272. The Kier molecular flexibility index (Phi) is 4.39. The van der Waals surface area contributed by atoms with Gasteiger partial charge < -0.3 is 15.2 Å². The summed E-state index contributed by atoms with van der Waals surface area (Å²) in [4.78, 5) is 23.4. The van der Waals surface area contributed by atoms with Crippen molar-refractivity contribution in [1.82, 2.24) is 0 Å². The zero-order chi connectivity index (χ0) is 16.1. The number of carbonyl (C=O) groups is 2. The van der Waals surface area contributed by atoms with Crippen molar-refractivity contribution >= 4 is 17.6 Å². The molecule has 0 saturated heterocycles. The predicted octanol–water partition coefficient (Wildman–Crippen LogP) is 2.52. The van der Waals surface area contributed by atoms with Gasteiger partial charge in [-0.05, 0) is 30.3 Å². The third-order valence-electron chi connectivity index (χ3n) is 2.98. The Balaban J connectivity index is 2.38. The number of rotatable bonds is 4. The molecule has 0 heterocycles. The van der Waals surface area contributed by atoms with Gasteiger partial charge in [0.25, 0.3) is 5.91 Å². The van der Waals surface area contributed by atoms with E-state index in [0.717, 1.165) is 0 Å². The Labute approximate surface area is 126 Å². The SMILES string of the molecule is COc1ccc(C#N)cc1NC(=O)c1ccccc1C(=O)O. The largest absolute Gasteiger partial charge is 0.495 e. The van der Waals surface area contributed by atoms with Crippen molar-refractivity contribution in [2.24, 2.45) is 0 Å². The number of aromatic carboxylic acids is 1. The molecule has 22 heavy (non-hydrogen) atoms. The maximum absolute atomic E-state index is 12.3. The van der Waals surface area contributed by atoms with Crippen molar-refractivity contribution in [3.8, 4) is 11.8 Å². The fraction of sp³-hybridized carbons (Fsp3) is 0.0625. The maximum atomic E-state index is 12.3. The lowest BCUT2D eigenvalue weighted by atomic mass is 10.1. The average molecular weight is 296 g/mol. The summed E-state index contributed by atoms with van der Waals surface area (Å²) >= 11 is 0. The summed E-state index contributed by atoms with van der Waals surface area (Å²) in [5, 5.41) is 20.6. The molecule has 0 aliphatic heterocycles. The van der Waals surface area contributed by atoms with Crippen LogP contribution in [0.1, 0.15) is 26.3 Å². The Hall–Kier alpha value is -3.33. The number of hydrogen-bond acceptors (Lipinski definition) is 4. The van der Waals surface area contributed by atoms with Gasteiger partial charge in [0.05, 0.1) is 35.6 Å². The van der Waals surface area contributed by atoms with Crippen LogP contribution in [-0.2, 0) is 0 Å². The first-order valence-electron chi connectivity index (χ1n) is 6.28. The van der Waals surface area contributed by atoms with Crippen LogP contribution in [0.3, 0.4) is 0 Å². The molecule has 2 aromatic rings. The smallest absolute Gasteiger partial charge is 0.336 e. The van der Waals surface area contributed by atoms with Gasteiger partial charge in [0.15, 0.2) is 0 Å². The van der Waals surface area contributed by atoms with Crippen LogP contribution in [0.5, 0.6) is 5.75 Å². The minimum atomic E-state index is -1.19. The van der Waals surface area contributed by atoms with E-state index in [4.69, 9.17) is 15.1 Å². The quantitative estimate of drug-likeness (QED) is 0.903. The van der Waals surface area contributed by atoms with Gasteiger partial charge in [0, 0.05) is 0 Å². The fourth-order valence-corrected chi connectivity index (χ4v) is 1.93. The van der Waals surface area contributed by atoms with Crippen molar-refractivity contribution in [2.75, 3.05) is 12.4 Å². The van der Waals surface area contributed by atoms with Crippen molar-refractivity contribution in [1.29, 1.82) is 5.26 Å². The summed E-state index contributed by atoms with van der Waals surface area (Å²) in [6.07, 6.45) is 0. The summed E-state index contributed by atoms with van der Waals surface area (Å²) < 4.78 is 5.12.